The van der Waals surface area contributed by atoms with Crippen LogP contribution in [0.3, 0.4) is 0 Å². The monoisotopic (exact) mass is 370 g/mol. The average Bonchev–Trinajstić information content (AvgIpc) is 3.26. The van der Waals surface area contributed by atoms with Gasteiger partial charge in [0.15, 0.2) is 5.82 Å². The van der Waals surface area contributed by atoms with Crippen molar-refractivity contribution in [1.29, 1.82) is 0 Å². The largest absolute Gasteiger partial charge is 0.573 e. The summed E-state index contributed by atoms with van der Waals surface area (Å²) in [5, 5.41) is 3.90. The first-order valence-electron chi connectivity index (χ1n) is 8.54. The summed E-state index contributed by atoms with van der Waals surface area (Å²) < 4.78 is 47.2. The van der Waals surface area contributed by atoms with Crippen LogP contribution in [-0.2, 0) is 19.6 Å². The molecule has 1 fully saturated rings. The highest BCUT2D eigenvalue weighted by atomic mass is 19.4. The van der Waals surface area contributed by atoms with Crippen molar-refractivity contribution in [2.24, 2.45) is 5.73 Å². The van der Waals surface area contributed by atoms with E-state index >= 15 is 0 Å². The van der Waals surface area contributed by atoms with Crippen LogP contribution < -0.4 is 10.5 Å². The first-order valence-corrected chi connectivity index (χ1v) is 8.54. The van der Waals surface area contributed by atoms with Crippen LogP contribution >= 0.6 is 0 Å². The Morgan fingerprint density at radius 2 is 1.92 bits per heavy atom. The van der Waals surface area contributed by atoms with Crippen molar-refractivity contribution < 1.29 is 22.4 Å². The smallest absolute Gasteiger partial charge is 0.405 e. The van der Waals surface area contributed by atoms with Crippen LogP contribution in [0.1, 0.15) is 43.0 Å². The summed E-state index contributed by atoms with van der Waals surface area (Å²) in [6.07, 6.45) is -0.546. The lowest BCUT2D eigenvalue weighted by Gasteiger charge is -2.28. The van der Waals surface area contributed by atoms with Gasteiger partial charge in [0.25, 0.3) is 0 Å². The molecule has 2 N–H and O–H groups in total. The number of alkyl halides is 3. The summed E-state index contributed by atoms with van der Waals surface area (Å²) in [6, 6.07) is 6.46. The van der Waals surface area contributed by atoms with E-state index in [2.05, 4.69) is 19.8 Å². The Kier molecular flexibility index (Phi) is 5.77. The summed E-state index contributed by atoms with van der Waals surface area (Å²) in [6.45, 7) is 0.844. The molecule has 0 amide bonds. The van der Waals surface area contributed by atoms with Gasteiger partial charge in [-0.3, -0.25) is 4.90 Å². The maximum atomic E-state index is 12.7. The quantitative estimate of drug-likeness (QED) is 0.805. The van der Waals surface area contributed by atoms with Crippen LogP contribution in [0.25, 0.3) is 0 Å². The normalized spacial score (nSPS) is 15.7. The first-order chi connectivity index (χ1) is 12.4. The van der Waals surface area contributed by atoms with Crippen molar-refractivity contribution in [2.75, 3.05) is 0 Å². The SMILES string of the molecule is NCc1nc(CN(Cc2ccccc2OC(F)(F)F)C2CCCC2)no1. The number of para-hydroxylation sites is 1. The Bertz CT molecular complexity index is 714. The van der Waals surface area contributed by atoms with Gasteiger partial charge in [0.1, 0.15) is 5.75 Å². The van der Waals surface area contributed by atoms with Gasteiger partial charge in [0.2, 0.25) is 5.89 Å². The van der Waals surface area contributed by atoms with E-state index in [4.69, 9.17) is 10.3 Å². The highest BCUT2D eigenvalue weighted by Gasteiger charge is 2.32. The molecular weight excluding hydrogens is 349 g/mol. The Balaban J connectivity index is 1.79. The fourth-order valence-corrected chi connectivity index (χ4v) is 3.28. The van der Waals surface area contributed by atoms with Gasteiger partial charge in [0, 0.05) is 18.2 Å². The third-order valence-electron chi connectivity index (χ3n) is 4.44. The topological polar surface area (TPSA) is 77.4 Å². The van der Waals surface area contributed by atoms with Gasteiger partial charge in [-0.25, -0.2) is 0 Å². The van der Waals surface area contributed by atoms with Crippen molar-refractivity contribution in [3.8, 4) is 5.75 Å². The summed E-state index contributed by atoms with van der Waals surface area (Å²) in [7, 11) is 0. The lowest BCUT2D eigenvalue weighted by molar-refractivity contribution is -0.275. The van der Waals surface area contributed by atoms with E-state index in [1.165, 1.54) is 12.1 Å². The lowest BCUT2D eigenvalue weighted by atomic mass is 10.1. The molecule has 9 heteroatoms. The molecule has 1 aliphatic rings. The zero-order valence-electron chi connectivity index (χ0n) is 14.2. The van der Waals surface area contributed by atoms with E-state index in [-0.39, 0.29) is 18.3 Å². The third-order valence-corrected chi connectivity index (χ3v) is 4.44. The second-order valence-corrected chi connectivity index (χ2v) is 6.31. The van der Waals surface area contributed by atoms with Crippen molar-refractivity contribution in [3.05, 3.63) is 41.5 Å². The molecular formula is C17H21F3N4O2. The molecule has 6 nitrogen and oxygen atoms in total. The van der Waals surface area contributed by atoms with Crippen LogP contribution in [0.5, 0.6) is 5.75 Å². The molecule has 0 aliphatic heterocycles. The van der Waals surface area contributed by atoms with Crippen LogP contribution in [0.15, 0.2) is 28.8 Å². The first kappa shape index (κ1) is 18.7. The van der Waals surface area contributed by atoms with Crippen molar-refractivity contribution in [2.45, 2.75) is 57.7 Å². The van der Waals surface area contributed by atoms with E-state index in [1.54, 1.807) is 12.1 Å². The average molecular weight is 370 g/mol. The van der Waals surface area contributed by atoms with E-state index in [0.717, 1.165) is 25.7 Å². The van der Waals surface area contributed by atoms with Gasteiger partial charge in [-0.15, -0.1) is 13.2 Å². The van der Waals surface area contributed by atoms with Gasteiger partial charge in [-0.05, 0) is 18.9 Å². The number of ether oxygens (including phenoxy) is 1. The van der Waals surface area contributed by atoms with Gasteiger partial charge in [-0.2, -0.15) is 4.98 Å². The Hall–Kier alpha value is -2.13. The summed E-state index contributed by atoms with van der Waals surface area (Å²) in [5.41, 5.74) is 5.96. The van der Waals surface area contributed by atoms with Crippen molar-refractivity contribution in [3.63, 3.8) is 0 Å². The van der Waals surface area contributed by atoms with Crippen molar-refractivity contribution >= 4 is 0 Å². The van der Waals surface area contributed by atoms with Gasteiger partial charge >= 0.3 is 6.36 Å². The minimum Gasteiger partial charge on any atom is -0.405 e. The molecule has 0 bridgehead atoms. The number of hydrogen-bond acceptors (Lipinski definition) is 6. The molecule has 142 valence electrons. The summed E-state index contributed by atoms with van der Waals surface area (Å²) in [4.78, 5) is 6.29. The van der Waals surface area contributed by atoms with Crippen molar-refractivity contribution in [1.82, 2.24) is 15.0 Å². The molecule has 1 aromatic carbocycles. The van der Waals surface area contributed by atoms with E-state index < -0.39 is 6.36 Å². The standard InChI is InChI=1S/C17H21F3N4O2/c18-17(19,20)25-14-8-4-1-5-12(14)10-24(13-6-2-3-7-13)11-15-22-16(9-21)26-23-15/h1,4-5,8,13H,2-3,6-7,9-11,21H2. The molecule has 26 heavy (non-hydrogen) atoms. The maximum Gasteiger partial charge on any atom is 0.573 e. The number of halogens is 3. The predicted octanol–water partition coefficient (Wildman–Crippen LogP) is 3.37. The van der Waals surface area contributed by atoms with Gasteiger partial charge in [0.05, 0.1) is 13.1 Å². The van der Waals surface area contributed by atoms with Crippen LogP contribution in [0.4, 0.5) is 13.2 Å². The molecule has 2 aromatic rings. The number of benzene rings is 1. The Morgan fingerprint density at radius 3 is 2.58 bits per heavy atom. The van der Waals surface area contributed by atoms with Gasteiger partial charge in [-0.1, -0.05) is 36.2 Å². The Labute approximate surface area is 149 Å². The van der Waals surface area contributed by atoms with Crippen LogP contribution in [0, 0.1) is 0 Å². The second-order valence-electron chi connectivity index (χ2n) is 6.31. The zero-order chi connectivity index (χ0) is 18.6. The summed E-state index contributed by atoms with van der Waals surface area (Å²) in [5.74, 6) is 0.637. The molecule has 1 heterocycles. The zero-order valence-corrected chi connectivity index (χ0v) is 14.2. The van der Waals surface area contributed by atoms with Crippen LogP contribution in [-0.4, -0.2) is 27.4 Å². The highest BCUT2D eigenvalue weighted by molar-refractivity contribution is 5.33. The van der Waals surface area contributed by atoms with E-state index in [1.807, 2.05) is 0 Å². The minimum atomic E-state index is -4.72. The molecule has 0 saturated heterocycles. The maximum absolute atomic E-state index is 12.7. The molecule has 0 spiro atoms. The van der Waals surface area contributed by atoms with Crippen LogP contribution in [0.2, 0.25) is 0 Å². The number of aromatic nitrogens is 2. The number of hydrogen-bond donors (Lipinski definition) is 1. The fraction of sp³-hybridized carbons (Fsp3) is 0.529. The predicted molar refractivity (Wildman–Crippen MR) is 86.8 cm³/mol. The number of rotatable bonds is 7. The number of nitrogens with two attached hydrogens (primary N) is 1. The molecule has 0 radical (unpaired) electrons. The molecule has 3 rings (SSSR count). The van der Waals surface area contributed by atoms with E-state index in [0.29, 0.717) is 30.4 Å². The fourth-order valence-electron chi connectivity index (χ4n) is 3.28. The Morgan fingerprint density at radius 1 is 1.19 bits per heavy atom. The highest BCUT2D eigenvalue weighted by Crippen LogP contribution is 2.31. The molecule has 0 unspecified atom stereocenters. The minimum absolute atomic E-state index is 0.151. The molecule has 1 aromatic heterocycles. The molecule has 1 aliphatic carbocycles. The second kappa shape index (κ2) is 8.05. The molecule has 0 atom stereocenters. The van der Waals surface area contributed by atoms with Gasteiger partial charge < -0.3 is 15.0 Å². The summed E-state index contributed by atoms with van der Waals surface area (Å²) >= 11 is 0. The molecule has 1 saturated carbocycles. The van der Waals surface area contributed by atoms with E-state index in [9.17, 15) is 13.2 Å². The third kappa shape index (κ3) is 4.95. The lowest BCUT2D eigenvalue weighted by Crippen LogP contribution is -2.33. The number of nitrogens with zero attached hydrogens (tertiary/aromatic N) is 3.